The molecule has 0 bridgehead atoms. The van der Waals surface area contributed by atoms with Crippen LogP contribution in [-0.4, -0.2) is 37.3 Å². The van der Waals surface area contributed by atoms with Crippen LogP contribution in [0, 0.1) is 5.92 Å². The van der Waals surface area contributed by atoms with Crippen LogP contribution in [0.2, 0.25) is 0 Å². The minimum Gasteiger partial charge on any atom is -0.406 e. The third-order valence-electron chi connectivity index (χ3n) is 2.39. The predicted molar refractivity (Wildman–Crippen MR) is 73.3 cm³/mol. The third kappa shape index (κ3) is 8.41. The number of hydrogen-bond acceptors (Lipinski definition) is 4. The number of halogens is 3. The van der Waals surface area contributed by atoms with E-state index in [1.54, 1.807) is 0 Å². The predicted octanol–water partition coefficient (Wildman–Crippen LogP) is 3.03. The molecule has 0 aliphatic heterocycles. The van der Waals surface area contributed by atoms with Crippen molar-refractivity contribution >= 4 is 5.69 Å². The Morgan fingerprint density at radius 2 is 1.76 bits per heavy atom. The first-order valence-electron chi connectivity index (χ1n) is 6.62. The van der Waals surface area contributed by atoms with E-state index in [1.807, 2.05) is 13.8 Å². The second-order valence-electron chi connectivity index (χ2n) is 5.04. The van der Waals surface area contributed by atoms with Gasteiger partial charge in [-0.3, -0.25) is 0 Å². The standard InChI is InChI=1S/C14H20F3NO3/c1-10(2)8-20-9-12(19)7-18-11-3-5-13(6-4-11)21-14(15,16)17/h3-6,10,12,18-19H,7-9H2,1-2H3. The Bertz CT molecular complexity index is 407. The molecule has 0 fully saturated rings. The highest BCUT2D eigenvalue weighted by Crippen LogP contribution is 2.23. The number of alkyl halides is 3. The fraction of sp³-hybridized carbons (Fsp3) is 0.571. The summed E-state index contributed by atoms with van der Waals surface area (Å²) in [5.41, 5.74) is 0.590. The number of benzene rings is 1. The zero-order chi connectivity index (χ0) is 15.9. The lowest BCUT2D eigenvalue weighted by Gasteiger charge is -2.14. The molecule has 0 aliphatic carbocycles. The number of aliphatic hydroxyl groups excluding tert-OH is 1. The van der Waals surface area contributed by atoms with E-state index in [9.17, 15) is 18.3 Å². The first-order valence-corrected chi connectivity index (χ1v) is 6.62. The summed E-state index contributed by atoms with van der Waals surface area (Å²) in [6, 6.07) is 5.31. The normalized spacial score (nSPS) is 13.3. The molecule has 0 saturated heterocycles. The molecule has 0 heterocycles. The fourth-order valence-electron chi connectivity index (χ4n) is 1.51. The maximum Gasteiger partial charge on any atom is 0.573 e. The number of aliphatic hydroxyl groups is 1. The van der Waals surface area contributed by atoms with Crippen molar-refractivity contribution in [2.45, 2.75) is 26.3 Å². The van der Waals surface area contributed by atoms with E-state index in [4.69, 9.17) is 4.74 Å². The SMILES string of the molecule is CC(C)COCC(O)CNc1ccc(OC(F)(F)F)cc1. The molecule has 120 valence electrons. The van der Waals surface area contributed by atoms with Gasteiger partial charge in [0, 0.05) is 18.8 Å². The molecule has 1 atom stereocenters. The van der Waals surface area contributed by atoms with Crippen LogP contribution in [0.25, 0.3) is 0 Å². The van der Waals surface area contributed by atoms with Crippen molar-refractivity contribution < 1.29 is 27.8 Å². The molecule has 0 saturated carbocycles. The molecule has 0 amide bonds. The van der Waals surface area contributed by atoms with Gasteiger partial charge in [0.15, 0.2) is 0 Å². The molecule has 2 N–H and O–H groups in total. The van der Waals surface area contributed by atoms with Crippen LogP contribution in [0.1, 0.15) is 13.8 Å². The summed E-state index contributed by atoms with van der Waals surface area (Å²) in [6.07, 6.45) is -5.38. The van der Waals surface area contributed by atoms with Gasteiger partial charge in [-0.05, 0) is 30.2 Å². The van der Waals surface area contributed by atoms with Gasteiger partial charge in [0.2, 0.25) is 0 Å². The summed E-state index contributed by atoms with van der Waals surface area (Å²) >= 11 is 0. The number of rotatable bonds is 8. The number of nitrogens with one attached hydrogen (secondary N) is 1. The van der Waals surface area contributed by atoms with Gasteiger partial charge < -0.3 is 19.9 Å². The monoisotopic (exact) mass is 307 g/mol. The van der Waals surface area contributed by atoms with Crippen LogP contribution in [0.15, 0.2) is 24.3 Å². The Morgan fingerprint density at radius 1 is 1.14 bits per heavy atom. The maximum absolute atomic E-state index is 12.0. The van der Waals surface area contributed by atoms with E-state index in [1.165, 1.54) is 24.3 Å². The molecule has 21 heavy (non-hydrogen) atoms. The summed E-state index contributed by atoms with van der Waals surface area (Å²) < 4.78 is 45.0. The molecule has 1 unspecified atom stereocenters. The molecule has 0 aromatic heterocycles. The van der Waals surface area contributed by atoms with E-state index in [0.29, 0.717) is 18.2 Å². The molecule has 0 aliphatic rings. The summed E-state index contributed by atoms with van der Waals surface area (Å²) in [4.78, 5) is 0. The topological polar surface area (TPSA) is 50.7 Å². The summed E-state index contributed by atoms with van der Waals surface area (Å²) in [5, 5.41) is 12.6. The molecule has 0 spiro atoms. The molecular weight excluding hydrogens is 287 g/mol. The summed E-state index contributed by atoms with van der Waals surface area (Å²) in [6.45, 7) is 5.04. The van der Waals surface area contributed by atoms with E-state index in [-0.39, 0.29) is 18.9 Å². The first-order chi connectivity index (χ1) is 9.76. The zero-order valence-corrected chi connectivity index (χ0v) is 12.0. The van der Waals surface area contributed by atoms with Gasteiger partial charge in [-0.1, -0.05) is 13.8 Å². The van der Waals surface area contributed by atoms with Gasteiger partial charge in [-0.25, -0.2) is 0 Å². The van der Waals surface area contributed by atoms with Crippen LogP contribution in [0.5, 0.6) is 5.75 Å². The average Bonchev–Trinajstić information content (AvgIpc) is 2.35. The minimum atomic E-state index is -4.70. The quantitative estimate of drug-likeness (QED) is 0.775. The summed E-state index contributed by atoms with van der Waals surface area (Å²) in [7, 11) is 0. The highest BCUT2D eigenvalue weighted by Gasteiger charge is 2.30. The van der Waals surface area contributed by atoms with Gasteiger partial charge in [-0.15, -0.1) is 13.2 Å². The molecule has 0 radical (unpaired) electrons. The van der Waals surface area contributed by atoms with Crippen molar-refractivity contribution in [2.75, 3.05) is 25.1 Å². The summed E-state index contributed by atoms with van der Waals surface area (Å²) in [5.74, 6) is 0.111. The number of ether oxygens (including phenoxy) is 2. The lowest BCUT2D eigenvalue weighted by molar-refractivity contribution is -0.274. The van der Waals surface area contributed by atoms with Gasteiger partial charge in [0.05, 0.1) is 12.7 Å². The van der Waals surface area contributed by atoms with Gasteiger partial charge in [0.25, 0.3) is 0 Å². The highest BCUT2D eigenvalue weighted by molar-refractivity contribution is 5.46. The Kier molecular flexibility index (Phi) is 6.77. The molecule has 1 aromatic rings. The van der Waals surface area contributed by atoms with E-state index in [0.717, 1.165) is 0 Å². The van der Waals surface area contributed by atoms with Crippen molar-refractivity contribution in [3.8, 4) is 5.75 Å². The fourth-order valence-corrected chi connectivity index (χ4v) is 1.51. The van der Waals surface area contributed by atoms with Gasteiger partial charge >= 0.3 is 6.36 Å². The Balaban J connectivity index is 2.32. The number of anilines is 1. The minimum absolute atomic E-state index is 0.209. The second-order valence-corrected chi connectivity index (χ2v) is 5.04. The number of hydrogen-bond donors (Lipinski definition) is 2. The zero-order valence-electron chi connectivity index (χ0n) is 12.0. The van der Waals surface area contributed by atoms with Crippen LogP contribution >= 0.6 is 0 Å². The molecular formula is C14H20F3NO3. The van der Waals surface area contributed by atoms with Crippen molar-refractivity contribution in [3.05, 3.63) is 24.3 Å². The molecule has 1 aromatic carbocycles. The van der Waals surface area contributed by atoms with E-state index in [2.05, 4.69) is 10.1 Å². The van der Waals surface area contributed by atoms with Crippen molar-refractivity contribution in [2.24, 2.45) is 5.92 Å². The van der Waals surface area contributed by atoms with Crippen molar-refractivity contribution in [1.29, 1.82) is 0 Å². The van der Waals surface area contributed by atoms with Crippen molar-refractivity contribution in [3.63, 3.8) is 0 Å². The maximum atomic E-state index is 12.0. The van der Waals surface area contributed by atoms with Crippen LogP contribution in [0.3, 0.4) is 0 Å². The van der Waals surface area contributed by atoms with E-state index >= 15 is 0 Å². The molecule has 4 nitrogen and oxygen atoms in total. The first kappa shape index (κ1) is 17.6. The van der Waals surface area contributed by atoms with Crippen molar-refractivity contribution in [1.82, 2.24) is 0 Å². The van der Waals surface area contributed by atoms with E-state index < -0.39 is 12.5 Å². The smallest absolute Gasteiger partial charge is 0.406 e. The molecule has 7 heteroatoms. The van der Waals surface area contributed by atoms with Crippen LogP contribution in [0.4, 0.5) is 18.9 Å². The third-order valence-corrected chi connectivity index (χ3v) is 2.39. The highest BCUT2D eigenvalue weighted by atomic mass is 19.4. The van der Waals surface area contributed by atoms with Gasteiger partial charge in [0.1, 0.15) is 5.75 Å². The second kappa shape index (κ2) is 8.09. The lowest BCUT2D eigenvalue weighted by atomic mass is 10.2. The average molecular weight is 307 g/mol. The van der Waals surface area contributed by atoms with Crippen LogP contribution in [-0.2, 0) is 4.74 Å². The Labute approximate surface area is 121 Å². The molecule has 1 rings (SSSR count). The van der Waals surface area contributed by atoms with Gasteiger partial charge in [-0.2, -0.15) is 0 Å². The lowest BCUT2D eigenvalue weighted by Crippen LogP contribution is -2.25. The largest absolute Gasteiger partial charge is 0.573 e. The Morgan fingerprint density at radius 3 is 2.29 bits per heavy atom. The van der Waals surface area contributed by atoms with Crippen LogP contribution < -0.4 is 10.1 Å². The Hall–Kier alpha value is -1.47.